The van der Waals surface area contributed by atoms with Crippen LogP contribution in [0.4, 0.5) is 0 Å². The molecule has 0 bridgehead atoms. The van der Waals surface area contributed by atoms with Crippen LogP contribution in [-0.4, -0.2) is 59.8 Å². The third-order valence-electron chi connectivity index (χ3n) is 4.51. The van der Waals surface area contributed by atoms with E-state index < -0.39 is 14.9 Å². The van der Waals surface area contributed by atoms with Crippen molar-refractivity contribution in [3.63, 3.8) is 0 Å². The molecule has 1 aliphatic heterocycles. The fourth-order valence-electron chi connectivity index (χ4n) is 3.08. The molecule has 11 heteroatoms. The number of thiazole rings is 1. The highest BCUT2D eigenvalue weighted by molar-refractivity contribution is 7.91. The second-order valence-electron chi connectivity index (χ2n) is 6.79. The smallest absolute Gasteiger partial charge is 0.305 e. The molecule has 0 spiro atoms. The van der Waals surface area contributed by atoms with Gasteiger partial charge in [0.05, 0.1) is 5.69 Å². The number of carbonyl (C=O) groups is 1. The van der Waals surface area contributed by atoms with E-state index in [2.05, 4.69) is 10.1 Å². The second kappa shape index (κ2) is 7.21. The van der Waals surface area contributed by atoms with Gasteiger partial charge >= 0.3 is 4.87 Å². The number of amides is 1. The largest absolute Gasteiger partial charge is 0.360 e. The summed E-state index contributed by atoms with van der Waals surface area (Å²) in [6, 6.07) is 0. The lowest BCUT2D eigenvalue weighted by atomic mass is 10.0. The summed E-state index contributed by atoms with van der Waals surface area (Å²) in [6.07, 6.45) is 0. The average molecular weight is 415 g/mol. The molecule has 1 amide bonds. The highest BCUT2D eigenvalue weighted by Crippen LogP contribution is 2.26. The fraction of sp³-hybridized carbons (Fsp3) is 0.562. The van der Waals surface area contributed by atoms with Crippen LogP contribution in [0, 0.1) is 13.8 Å². The fourth-order valence-corrected chi connectivity index (χ4v) is 5.94. The molecule has 1 saturated heterocycles. The van der Waals surface area contributed by atoms with Crippen molar-refractivity contribution in [2.75, 3.05) is 26.2 Å². The molecule has 0 aliphatic carbocycles. The maximum atomic E-state index is 12.9. The Morgan fingerprint density at radius 1 is 1.22 bits per heavy atom. The van der Waals surface area contributed by atoms with Crippen LogP contribution in [-0.2, 0) is 10.0 Å². The average Bonchev–Trinajstić information content (AvgIpc) is 3.16. The number of aromatic nitrogens is 2. The van der Waals surface area contributed by atoms with Gasteiger partial charge in [0, 0.05) is 37.8 Å². The van der Waals surface area contributed by atoms with Gasteiger partial charge < -0.3 is 14.4 Å². The molecule has 0 saturated carbocycles. The monoisotopic (exact) mass is 414 g/mol. The number of carbonyl (C=O) groups excluding carboxylic acids is 1. The molecule has 3 rings (SSSR count). The maximum Gasteiger partial charge on any atom is 0.305 e. The summed E-state index contributed by atoms with van der Waals surface area (Å²) >= 11 is 0.685. The number of hydrogen-bond donors (Lipinski definition) is 1. The molecular weight excluding hydrogens is 392 g/mol. The predicted octanol–water partition coefficient (Wildman–Crippen LogP) is 1.31. The molecule has 27 heavy (non-hydrogen) atoms. The number of nitrogens with zero attached hydrogens (tertiary/aromatic N) is 3. The Kier molecular flexibility index (Phi) is 5.28. The number of H-pyrrole nitrogens is 1. The zero-order valence-electron chi connectivity index (χ0n) is 15.6. The molecule has 2 aromatic heterocycles. The van der Waals surface area contributed by atoms with E-state index in [1.807, 2.05) is 13.8 Å². The second-order valence-corrected chi connectivity index (χ2v) is 9.90. The summed E-state index contributed by atoms with van der Waals surface area (Å²) in [5.41, 5.74) is 1.33. The number of aryl methyl sites for hydroxylation is 2. The first-order valence-electron chi connectivity index (χ1n) is 8.58. The Hall–Kier alpha value is -1.98. The molecule has 1 fully saturated rings. The van der Waals surface area contributed by atoms with Crippen LogP contribution in [0.5, 0.6) is 0 Å². The van der Waals surface area contributed by atoms with Crippen LogP contribution in [0.3, 0.4) is 0 Å². The zero-order chi connectivity index (χ0) is 19.9. The van der Waals surface area contributed by atoms with Crippen molar-refractivity contribution in [3.05, 3.63) is 32.4 Å². The van der Waals surface area contributed by atoms with Crippen molar-refractivity contribution in [1.29, 1.82) is 0 Å². The van der Waals surface area contributed by atoms with E-state index >= 15 is 0 Å². The maximum absolute atomic E-state index is 12.9. The van der Waals surface area contributed by atoms with Crippen molar-refractivity contribution in [3.8, 4) is 0 Å². The summed E-state index contributed by atoms with van der Waals surface area (Å²) in [5, 5.41) is 3.90. The van der Waals surface area contributed by atoms with Gasteiger partial charge in [-0.1, -0.05) is 30.3 Å². The van der Waals surface area contributed by atoms with Gasteiger partial charge in [-0.15, -0.1) is 0 Å². The highest BCUT2D eigenvalue weighted by Gasteiger charge is 2.34. The van der Waals surface area contributed by atoms with Gasteiger partial charge in [0.2, 0.25) is 0 Å². The van der Waals surface area contributed by atoms with Gasteiger partial charge in [-0.05, 0) is 13.8 Å². The predicted molar refractivity (Wildman–Crippen MR) is 99.7 cm³/mol. The normalized spacial score (nSPS) is 16.3. The minimum Gasteiger partial charge on any atom is -0.360 e. The van der Waals surface area contributed by atoms with Crippen molar-refractivity contribution in [1.82, 2.24) is 19.3 Å². The summed E-state index contributed by atoms with van der Waals surface area (Å²) in [6.45, 7) is 7.99. The number of piperazine rings is 1. The van der Waals surface area contributed by atoms with E-state index in [9.17, 15) is 18.0 Å². The van der Waals surface area contributed by atoms with Crippen LogP contribution in [0.2, 0.25) is 0 Å². The number of sulfonamides is 1. The molecule has 2 aromatic rings. The zero-order valence-corrected chi connectivity index (χ0v) is 17.2. The first-order chi connectivity index (χ1) is 12.6. The third-order valence-corrected chi connectivity index (χ3v) is 7.99. The molecule has 0 aromatic carbocycles. The van der Waals surface area contributed by atoms with E-state index in [1.165, 1.54) is 4.31 Å². The van der Waals surface area contributed by atoms with Crippen LogP contribution in [0.15, 0.2) is 13.5 Å². The summed E-state index contributed by atoms with van der Waals surface area (Å²) in [5.74, 6) is 0.364. The first kappa shape index (κ1) is 19.8. The van der Waals surface area contributed by atoms with E-state index in [4.69, 9.17) is 4.52 Å². The van der Waals surface area contributed by atoms with E-state index in [0.717, 1.165) is 0 Å². The Morgan fingerprint density at radius 3 is 2.37 bits per heavy atom. The van der Waals surface area contributed by atoms with Gasteiger partial charge in [0.15, 0.2) is 9.97 Å². The molecule has 148 valence electrons. The van der Waals surface area contributed by atoms with Crippen molar-refractivity contribution in [2.45, 2.75) is 37.8 Å². The van der Waals surface area contributed by atoms with Gasteiger partial charge in [-0.25, -0.2) is 8.42 Å². The topological polar surface area (TPSA) is 117 Å². The lowest BCUT2D eigenvalue weighted by molar-refractivity contribution is 0.0694. The molecule has 3 heterocycles. The molecule has 9 nitrogen and oxygen atoms in total. The van der Waals surface area contributed by atoms with Crippen LogP contribution >= 0.6 is 11.3 Å². The van der Waals surface area contributed by atoms with E-state index in [0.29, 0.717) is 34.0 Å². The number of aromatic amines is 1. The minimum absolute atomic E-state index is 0.0196. The molecule has 0 unspecified atom stereocenters. The minimum atomic E-state index is -3.75. The number of nitrogens with one attached hydrogen (secondary N) is 1. The van der Waals surface area contributed by atoms with Gasteiger partial charge in [-0.3, -0.25) is 9.59 Å². The lowest BCUT2D eigenvalue weighted by Gasteiger charge is -2.33. The van der Waals surface area contributed by atoms with Crippen molar-refractivity contribution < 1.29 is 17.7 Å². The van der Waals surface area contributed by atoms with Crippen LogP contribution in [0.25, 0.3) is 0 Å². The van der Waals surface area contributed by atoms with Gasteiger partial charge in [-0.2, -0.15) is 4.31 Å². The van der Waals surface area contributed by atoms with Gasteiger partial charge in [0.1, 0.15) is 5.56 Å². The van der Waals surface area contributed by atoms with Gasteiger partial charge in [0.25, 0.3) is 15.9 Å². The van der Waals surface area contributed by atoms with Crippen molar-refractivity contribution >= 4 is 27.3 Å². The summed E-state index contributed by atoms with van der Waals surface area (Å²) in [7, 11) is -3.75. The number of rotatable bonds is 4. The molecular formula is C16H22N4O5S2. The van der Waals surface area contributed by atoms with Crippen LogP contribution < -0.4 is 4.87 Å². The Labute approximate surface area is 161 Å². The van der Waals surface area contributed by atoms with E-state index in [-0.39, 0.29) is 42.2 Å². The Morgan fingerprint density at radius 2 is 1.85 bits per heavy atom. The Bertz CT molecular complexity index is 1010. The SMILES string of the molecule is Cc1noc(C(C)C)c1C(=O)N1CCN(S(=O)(=O)c2sc(=O)[nH]c2C)CC1. The van der Waals surface area contributed by atoms with Crippen LogP contribution in [0.1, 0.15) is 47.3 Å². The molecule has 1 aliphatic rings. The molecule has 0 radical (unpaired) electrons. The molecule has 1 N–H and O–H groups in total. The third kappa shape index (κ3) is 3.58. The highest BCUT2D eigenvalue weighted by atomic mass is 32.2. The summed E-state index contributed by atoms with van der Waals surface area (Å²) in [4.78, 5) is 28.1. The Balaban J connectivity index is 1.76. The standard InChI is InChI=1S/C16H22N4O5S2/c1-9(2)13-12(10(3)18-25-13)14(21)19-5-7-20(8-6-19)27(23,24)15-11(4)17-16(22)26-15/h9H,5-8H2,1-4H3,(H,17,22). The number of hydrogen-bond acceptors (Lipinski definition) is 7. The van der Waals surface area contributed by atoms with E-state index in [1.54, 1.807) is 18.7 Å². The quantitative estimate of drug-likeness (QED) is 0.806. The lowest BCUT2D eigenvalue weighted by Crippen LogP contribution is -2.50. The van der Waals surface area contributed by atoms with Crippen molar-refractivity contribution in [2.24, 2.45) is 0 Å². The summed E-state index contributed by atoms with van der Waals surface area (Å²) < 4.78 is 32.2. The molecule has 0 atom stereocenters. The first-order valence-corrected chi connectivity index (χ1v) is 10.8.